The molecular weight excluding hydrogens is 418 g/mol. The maximum atomic E-state index is 12.7. The molecule has 0 bridgehead atoms. The van der Waals surface area contributed by atoms with Crippen molar-refractivity contribution in [1.29, 1.82) is 0 Å². The van der Waals surface area contributed by atoms with E-state index in [2.05, 4.69) is 5.32 Å². The molecule has 0 saturated heterocycles. The molecular formula is C23H26ClN3O2S. The van der Waals surface area contributed by atoms with Gasteiger partial charge in [0, 0.05) is 36.3 Å². The normalized spacial score (nSPS) is 16.0. The third kappa shape index (κ3) is 5.37. The van der Waals surface area contributed by atoms with E-state index in [1.54, 1.807) is 11.8 Å². The van der Waals surface area contributed by atoms with E-state index in [0.29, 0.717) is 12.2 Å². The molecule has 158 valence electrons. The number of benzene rings is 2. The Labute approximate surface area is 187 Å². The van der Waals surface area contributed by atoms with E-state index >= 15 is 0 Å². The molecule has 0 spiro atoms. The number of allylic oxidation sites excluding steroid dienone is 1. The van der Waals surface area contributed by atoms with Gasteiger partial charge in [-0.15, -0.1) is 0 Å². The monoisotopic (exact) mass is 443 g/mol. The maximum absolute atomic E-state index is 12.7. The second-order valence-electron chi connectivity index (χ2n) is 7.12. The first-order valence-corrected chi connectivity index (χ1v) is 11.1. The molecule has 0 aliphatic carbocycles. The Bertz CT molecular complexity index is 953. The van der Waals surface area contributed by atoms with Crippen molar-refractivity contribution in [3.63, 3.8) is 0 Å². The Balaban J connectivity index is 1.87. The fourth-order valence-corrected chi connectivity index (χ4v) is 4.15. The van der Waals surface area contributed by atoms with E-state index in [-0.39, 0.29) is 5.97 Å². The van der Waals surface area contributed by atoms with Crippen LogP contribution >= 0.6 is 23.4 Å². The fourth-order valence-electron chi connectivity index (χ4n) is 3.12. The Hall–Kier alpha value is -2.44. The topological polar surface area (TPSA) is 53.9 Å². The highest BCUT2D eigenvalue weighted by molar-refractivity contribution is 8.13. The van der Waals surface area contributed by atoms with Gasteiger partial charge < -0.3 is 15.0 Å². The van der Waals surface area contributed by atoms with E-state index in [9.17, 15) is 4.79 Å². The van der Waals surface area contributed by atoms with Crippen LogP contribution in [0.3, 0.4) is 0 Å². The van der Waals surface area contributed by atoms with Gasteiger partial charge in [0.05, 0.1) is 12.2 Å². The molecule has 2 aromatic rings. The summed E-state index contributed by atoms with van der Waals surface area (Å²) < 4.78 is 5.31. The lowest BCUT2D eigenvalue weighted by atomic mass is 9.96. The van der Waals surface area contributed by atoms with Crippen LogP contribution in [0.25, 0.3) is 0 Å². The predicted octanol–water partition coefficient (Wildman–Crippen LogP) is 5.18. The molecule has 1 aliphatic rings. The standard InChI is InChI=1S/C23H26ClN3O2S/c1-5-29-22(28)20-15(2)25-23(30-14-16-6-10-18(24)11-7-16)26-21(20)17-8-12-19(13-9-17)27(3)4/h6-13,21H,5,14H2,1-4H3,(H,25,26)/t21-/m1/s1. The molecule has 0 radical (unpaired) electrons. The van der Waals surface area contributed by atoms with Crippen molar-refractivity contribution >= 4 is 40.2 Å². The van der Waals surface area contributed by atoms with Crippen LogP contribution in [-0.2, 0) is 15.3 Å². The summed E-state index contributed by atoms with van der Waals surface area (Å²) in [6.45, 7) is 4.02. The highest BCUT2D eigenvalue weighted by Gasteiger charge is 2.30. The van der Waals surface area contributed by atoms with Crippen LogP contribution in [0.15, 0.2) is 64.8 Å². The number of carbonyl (C=O) groups excluding carboxylic acids is 1. The number of hydrogen-bond donors (Lipinski definition) is 1. The first kappa shape index (κ1) is 22.2. The van der Waals surface area contributed by atoms with Gasteiger partial charge in [0.15, 0.2) is 5.17 Å². The van der Waals surface area contributed by atoms with Gasteiger partial charge in [-0.3, -0.25) is 0 Å². The first-order valence-electron chi connectivity index (χ1n) is 9.76. The van der Waals surface area contributed by atoms with Gasteiger partial charge in [-0.1, -0.05) is 47.6 Å². The molecule has 5 nitrogen and oxygen atoms in total. The van der Waals surface area contributed by atoms with E-state index in [0.717, 1.165) is 38.5 Å². The highest BCUT2D eigenvalue weighted by Crippen LogP contribution is 2.34. The smallest absolute Gasteiger partial charge is 0.338 e. The maximum Gasteiger partial charge on any atom is 0.338 e. The summed E-state index contributed by atoms with van der Waals surface area (Å²) in [5, 5.41) is 4.77. The summed E-state index contributed by atoms with van der Waals surface area (Å²) >= 11 is 7.57. The average molecular weight is 444 g/mol. The number of esters is 1. The molecule has 3 rings (SSSR count). The number of thioether (sulfide) groups is 1. The zero-order chi connectivity index (χ0) is 21.7. The van der Waals surface area contributed by atoms with Crippen LogP contribution in [0, 0.1) is 0 Å². The third-order valence-corrected chi connectivity index (χ3v) is 5.94. The Morgan fingerprint density at radius 1 is 1.17 bits per heavy atom. The van der Waals surface area contributed by atoms with Crippen LogP contribution in [0.2, 0.25) is 5.02 Å². The SMILES string of the molecule is CCOC(=O)C1=C(C)NC(SCc2ccc(Cl)cc2)=N[C@@H]1c1ccc(N(C)C)cc1. The number of rotatable bonds is 6. The van der Waals surface area contributed by atoms with Gasteiger partial charge in [0.25, 0.3) is 0 Å². The Morgan fingerprint density at radius 3 is 2.43 bits per heavy atom. The Morgan fingerprint density at radius 2 is 1.83 bits per heavy atom. The number of nitrogens with zero attached hydrogens (tertiary/aromatic N) is 2. The number of aliphatic imine (C=N–C) groups is 1. The van der Waals surface area contributed by atoms with Crippen molar-refractivity contribution in [3.8, 4) is 0 Å². The van der Waals surface area contributed by atoms with Crippen molar-refractivity contribution in [2.24, 2.45) is 4.99 Å². The molecule has 0 aromatic heterocycles. The molecule has 0 fully saturated rings. The van der Waals surface area contributed by atoms with Crippen LogP contribution in [0.1, 0.15) is 31.0 Å². The number of amidine groups is 1. The second kappa shape index (κ2) is 10.0. The van der Waals surface area contributed by atoms with E-state index in [4.69, 9.17) is 21.3 Å². The largest absolute Gasteiger partial charge is 0.463 e. The Kier molecular flexibility index (Phi) is 7.45. The van der Waals surface area contributed by atoms with Gasteiger partial charge in [-0.05, 0) is 49.2 Å². The zero-order valence-electron chi connectivity index (χ0n) is 17.6. The molecule has 0 amide bonds. The molecule has 0 saturated carbocycles. The number of ether oxygens (including phenoxy) is 1. The fraction of sp³-hybridized carbons (Fsp3) is 0.304. The third-order valence-electron chi connectivity index (χ3n) is 4.73. The zero-order valence-corrected chi connectivity index (χ0v) is 19.2. The van der Waals surface area contributed by atoms with E-state index in [1.165, 1.54) is 0 Å². The van der Waals surface area contributed by atoms with Gasteiger partial charge in [-0.25, -0.2) is 9.79 Å². The van der Waals surface area contributed by atoms with Crippen molar-refractivity contribution in [1.82, 2.24) is 5.32 Å². The summed E-state index contributed by atoms with van der Waals surface area (Å²) in [7, 11) is 3.99. The van der Waals surface area contributed by atoms with Gasteiger partial charge in [-0.2, -0.15) is 0 Å². The quantitative estimate of drug-likeness (QED) is 0.623. The predicted molar refractivity (Wildman–Crippen MR) is 126 cm³/mol. The average Bonchev–Trinajstić information content (AvgIpc) is 2.73. The van der Waals surface area contributed by atoms with Crippen LogP contribution < -0.4 is 10.2 Å². The van der Waals surface area contributed by atoms with E-state index < -0.39 is 6.04 Å². The highest BCUT2D eigenvalue weighted by atomic mass is 35.5. The lowest BCUT2D eigenvalue weighted by molar-refractivity contribution is -0.138. The summed E-state index contributed by atoms with van der Waals surface area (Å²) in [4.78, 5) is 19.6. The van der Waals surface area contributed by atoms with Crippen LogP contribution in [0.4, 0.5) is 5.69 Å². The molecule has 1 heterocycles. The molecule has 30 heavy (non-hydrogen) atoms. The van der Waals surface area contributed by atoms with Crippen molar-refractivity contribution < 1.29 is 9.53 Å². The molecule has 1 atom stereocenters. The molecule has 7 heteroatoms. The van der Waals surface area contributed by atoms with Gasteiger partial charge in [0.1, 0.15) is 6.04 Å². The minimum atomic E-state index is -0.408. The molecule has 1 aliphatic heterocycles. The second-order valence-corrected chi connectivity index (χ2v) is 8.52. The van der Waals surface area contributed by atoms with Crippen molar-refractivity contribution in [3.05, 3.63) is 76.0 Å². The molecule has 2 aromatic carbocycles. The minimum Gasteiger partial charge on any atom is -0.463 e. The lowest BCUT2D eigenvalue weighted by Crippen LogP contribution is -2.30. The van der Waals surface area contributed by atoms with E-state index in [1.807, 2.05) is 81.4 Å². The first-order chi connectivity index (χ1) is 14.4. The summed E-state index contributed by atoms with van der Waals surface area (Å²) in [5.41, 5.74) is 4.51. The number of nitrogens with one attached hydrogen (secondary N) is 1. The summed E-state index contributed by atoms with van der Waals surface area (Å²) in [5.74, 6) is 0.409. The summed E-state index contributed by atoms with van der Waals surface area (Å²) in [6.07, 6.45) is 0. The van der Waals surface area contributed by atoms with Crippen LogP contribution in [0.5, 0.6) is 0 Å². The van der Waals surface area contributed by atoms with Gasteiger partial charge in [0.2, 0.25) is 0 Å². The number of halogens is 1. The van der Waals surface area contributed by atoms with Gasteiger partial charge >= 0.3 is 5.97 Å². The van der Waals surface area contributed by atoms with Crippen LogP contribution in [-0.4, -0.2) is 31.8 Å². The minimum absolute atomic E-state index is 0.323. The lowest BCUT2D eigenvalue weighted by Gasteiger charge is -2.26. The number of anilines is 1. The van der Waals surface area contributed by atoms with Crippen molar-refractivity contribution in [2.75, 3.05) is 25.6 Å². The van der Waals surface area contributed by atoms with Crippen molar-refractivity contribution in [2.45, 2.75) is 25.6 Å². The molecule has 1 N–H and O–H groups in total. The number of hydrogen-bond acceptors (Lipinski definition) is 6. The molecule has 0 unspecified atom stereocenters. The number of carbonyl (C=O) groups is 1. The summed E-state index contributed by atoms with van der Waals surface area (Å²) in [6, 6.07) is 15.5.